The van der Waals surface area contributed by atoms with E-state index in [2.05, 4.69) is 20.6 Å². The Morgan fingerprint density at radius 3 is 2.61 bits per heavy atom. The van der Waals surface area contributed by atoms with Gasteiger partial charge in [-0.15, -0.1) is 0 Å². The van der Waals surface area contributed by atoms with Gasteiger partial charge in [-0.25, -0.2) is 4.98 Å². The summed E-state index contributed by atoms with van der Waals surface area (Å²) >= 11 is 6.14. The Morgan fingerprint density at radius 2 is 1.89 bits per heavy atom. The first-order chi connectivity index (χ1) is 13.0. The van der Waals surface area contributed by atoms with Crippen LogP contribution in [0.5, 0.6) is 0 Å². The lowest BCUT2D eigenvalue weighted by Crippen LogP contribution is -2.09. The van der Waals surface area contributed by atoms with Gasteiger partial charge >= 0.3 is 5.69 Å². The molecule has 3 aromatic rings. The third-order valence-electron chi connectivity index (χ3n) is 3.90. The molecule has 0 spiro atoms. The standard InChI is InChI=1S/C19H18ClN5O2.H3N/c1-13-5-4-6-14(9-13)10-21-18-17(25(26)27)12-23-19(24-18)22-11-15-7-2-3-8-16(15)20;/h2-9,12H,10-11H2,1H3,(H2,21,22,23,24);1H3. The molecule has 2 aromatic carbocycles. The smallest absolute Gasteiger partial charge is 0.329 e. The van der Waals surface area contributed by atoms with Crippen LogP contribution in [0.1, 0.15) is 16.7 Å². The van der Waals surface area contributed by atoms with Gasteiger partial charge in [0.1, 0.15) is 6.20 Å². The van der Waals surface area contributed by atoms with Crippen LogP contribution in [0, 0.1) is 17.0 Å². The zero-order chi connectivity index (χ0) is 19.2. The Kier molecular flexibility index (Phi) is 7.25. The van der Waals surface area contributed by atoms with E-state index in [4.69, 9.17) is 11.6 Å². The van der Waals surface area contributed by atoms with Gasteiger partial charge in [-0.1, -0.05) is 59.6 Å². The summed E-state index contributed by atoms with van der Waals surface area (Å²) in [5, 5.41) is 18.0. The van der Waals surface area contributed by atoms with E-state index in [-0.39, 0.29) is 23.6 Å². The number of nitro groups is 1. The molecule has 0 saturated carbocycles. The number of rotatable bonds is 7. The molecule has 0 atom stereocenters. The minimum absolute atomic E-state index is 0. The summed E-state index contributed by atoms with van der Waals surface area (Å²) in [5.41, 5.74) is 2.84. The highest BCUT2D eigenvalue weighted by Gasteiger charge is 2.17. The van der Waals surface area contributed by atoms with Crippen LogP contribution in [0.2, 0.25) is 5.02 Å². The summed E-state index contributed by atoms with van der Waals surface area (Å²) in [4.78, 5) is 19.1. The normalized spacial score (nSPS) is 10.1. The van der Waals surface area contributed by atoms with Crippen molar-refractivity contribution in [1.82, 2.24) is 16.1 Å². The van der Waals surface area contributed by atoms with Crippen molar-refractivity contribution in [2.45, 2.75) is 20.0 Å². The van der Waals surface area contributed by atoms with E-state index in [1.54, 1.807) is 6.07 Å². The van der Waals surface area contributed by atoms with Crippen molar-refractivity contribution in [3.8, 4) is 0 Å². The molecule has 1 aromatic heterocycles. The fourth-order valence-electron chi connectivity index (χ4n) is 2.55. The zero-order valence-electron chi connectivity index (χ0n) is 15.4. The van der Waals surface area contributed by atoms with Gasteiger partial charge < -0.3 is 16.8 Å². The summed E-state index contributed by atoms with van der Waals surface area (Å²) < 4.78 is 0. The molecule has 0 aliphatic heterocycles. The highest BCUT2D eigenvalue weighted by molar-refractivity contribution is 6.31. The lowest BCUT2D eigenvalue weighted by atomic mass is 10.1. The number of benzene rings is 2. The van der Waals surface area contributed by atoms with E-state index in [0.29, 0.717) is 18.1 Å². The van der Waals surface area contributed by atoms with Crippen molar-refractivity contribution >= 4 is 29.1 Å². The molecule has 0 amide bonds. The number of nitrogens with one attached hydrogen (secondary N) is 2. The Bertz CT molecular complexity index is 967. The van der Waals surface area contributed by atoms with Crippen LogP contribution in [0.25, 0.3) is 0 Å². The van der Waals surface area contributed by atoms with Gasteiger partial charge in [0.2, 0.25) is 11.8 Å². The van der Waals surface area contributed by atoms with Crippen LogP contribution >= 0.6 is 11.6 Å². The Morgan fingerprint density at radius 1 is 1.11 bits per heavy atom. The average Bonchev–Trinajstić information content (AvgIpc) is 2.65. The molecule has 146 valence electrons. The van der Waals surface area contributed by atoms with Crippen molar-refractivity contribution < 1.29 is 4.92 Å². The lowest BCUT2D eigenvalue weighted by molar-refractivity contribution is -0.384. The molecular formula is C19H21ClN6O2. The summed E-state index contributed by atoms with van der Waals surface area (Å²) in [7, 11) is 0. The maximum Gasteiger partial charge on any atom is 0.329 e. The SMILES string of the molecule is Cc1cccc(CNc2nc(NCc3ccccc3Cl)ncc2[N+](=O)[O-])c1.N. The molecule has 9 heteroatoms. The van der Waals surface area contributed by atoms with Gasteiger partial charge in [0.15, 0.2) is 0 Å². The van der Waals surface area contributed by atoms with Crippen LogP contribution in [0.15, 0.2) is 54.7 Å². The molecule has 0 unspecified atom stereocenters. The molecule has 28 heavy (non-hydrogen) atoms. The number of anilines is 2. The molecule has 3 rings (SSSR count). The molecule has 0 fully saturated rings. The lowest BCUT2D eigenvalue weighted by Gasteiger charge is -2.10. The molecule has 8 nitrogen and oxygen atoms in total. The molecule has 5 N–H and O–H groups in total. The Hall–Kier alpha value is -3.23. The second-order valence-electron chi connectivity index (χ2n) is 5.97. The van der Waals surface area contributed by atoms with Gasteiger partial charge in [0.25, 0.3) is 0 Å². The number of aryl methyl sites for hydroxylation is 1. The van der Waals surface area contributed by atoms with E-state index in [1.165, 1.54) is 6.20 Å². The van der Waals surface area contributed by atoms with E-state index < -0.39 is 4.92 Å². The van der Waals surface area contributed by atoms with Crippen LogP contribution < -0.4 is 16.8 Å². The van der Waals surface area contributed by atoms with Crippen molar-refractivity contribution in [1.29, 1.82) is 0 Å². The van der Waals surface area contributed by atoms with Crippen LogP contribution in [-0.4, -0.2) is 14.9 Å². The fourth-order valence-corrected chi connectivity index (χ4v) is 2.75. The summed E-state index contributed by atoms with van der Waals surface area (Å²) in [6.45, 7) is 2.83. The van der Waals surface area contributed by atoms with Crippen molar-refractivity contribution in [2.75, 3.05) is 10.6 Å². The van der Waals surface area contributed by atoms with Gasteiger partial charge in [-0.2, -0.15) is 4.98 Å². The maximum absolute atomic E-state index is 11.3. The maximum atomic E-state index is 11.3. The molecule has 1 heterocycles. The molecule has 0 bridgehead atoms. The molecule has 0 saturated heterocycles. The van der Waals surface area contributed by atoms with Gasteiger partial charge in [0.05, 0.1) is 4.92 Å². The number of aromatic nitrogens is 2. The second-order valence-corrected chi connectivity index (χ2v) is 6.38. The highest BCUT2D eigenvalue weighted by Crippen LogP contribution is 2.23. The Labute approximate surface area is 167 Å². The quantitative estimate of drug-likeness (QED) is 0.386. The minimum Gasteiger partial charge on any atom is -0.360 e. The minimum atomic E-state index is -0.504. The molecule has 0 aliphatic rings. The number of hydrogen-bond donors (Lipinski definition) is 3. The van der Waals surface area contributed by atoms with Crippen LogP contribution in [-0.2, 0) is 13.1 Å². The first-order valence-corrected chi connectivity index (χ1v) is 8.69. The van der Waals surface area contributed by atoms with Gasteiger partial charge in [-0.05, 0) is 24.1 Å². The number of hydrogen-bond acceptors (Lipinski definition) is 7. The highest BCUT2D eigenvalue weighted by atomic mass is 35.5. The molecule has 0 radical (unpaired) electrons. The summed E-state index contributed by atoms with van der Waals surface area (Å²) in [6, 6.07) is 15.3. The fraction of sp³-hybridized carbons (Fsp3) is 0.158. The Balaban J connectivity index is 0.00000280. The number of nitrogens with zero attached hydrogens (tertiary/aromatic N) is 3. The van der Waals surface area contributed by atoms with Crippen molar-refractivity contribution in [3.63, 3.8) is 0 Å². The molecular weight excluding hydrogens is 380 g/mol. The van der Waals surface area contributed by atoms with Crippen LogP contribution in [0.4, 0.5) is 17.5 Å². The first-order valence-electron chi connectivity index (χ1n) is 8.31. The van der Waals surface area contributed by atoms with E-state index in [1.807, 2.05) is 49.4 Å². The third kappa shape index (κ3) is 5.38. The van der Waals surface area contributed by atoms with Crippen LogP contribution in [0.3, 0.4) is 0 Å². The number of halogens is 1. The van der Waals surface area contributed by atoms with Crippen molar-refractivity contribution in [3.05, 3.63) is 86.6 Å². The summed E-state index contributed by atoms with van der Waals surface area (Å²) in [5.74, 6) is 0.449. The monoisotopic (exact) mass is 400 g/mol. The van der Waals surface area contributed by atoms with Gasteiger partial charge in [-0.3, -0.25) is 10.1 Å². The summed E-state index contributed by atoms with van der Waals surface area (Å²) in [6.07, 6.45) is 1.19. The average molecular weight is 401 g/mol. The first kappa shape index (κ1) is 21.1. The predicted molar refractivity (Wildman–Crippen MR) is 111 cm³/mol. The van der Waals surface area contributed by atoms with Gasteiger partial charge in [0, 0.05) is 18.1 Å². The molecule has 0 aliphatic carbocycles. The van der Waals surface area contributed by atoms with Crippen molar-refractivity contribution in [2.24, 2.45) is 0 Å². The largest absolute Gasteiger partial charge is 0.360 e. The zero-order valence-corrected chi connectivity index (χ0v) is 16.1. The van der Waals surface area contributed by atoms with E-state index in [9.17, 15) is 10.1 Å². The predicted octanol–water partition coefficient (Wildman–Crippen LogP) is 4.73. The van der Waals surface area contributed by atoms with E-state index in [0.717, 1.165) is 16.7 Å². The third-order valence-corrected chi connectivity index (χ3v) is 4.27. The van der Waals surface area contributed by atoms with E-state index >= 15 is 0 Å². The second kappa shape index (κ2) is 9.63. The topological polar surface area (TPSA) is 128 Å².